The van der Waals surface area contributed by atoms with E-state index in [4.69, 9.17) is 14.2 Å². The third kappa shape index (κ3) is 4.43. The van der Waals surface area contributed by atoms with Crippen molar-refractivity contribution in [2.45, 2.75) is 6.42 Å². The average Bonchev–Trinajstić information content (AvgIpc) is 3.23. The predicted octanol–water partition coefficient (Wildman–Crippen LogP) is 3.08. The van der Waals surface area contributed by atoms with Crippen LogP contribution in [0, 0.1) is 0 Å². The molecule has 0 bridgehead atoms. The maximum absolute atomic E-state index is 12.4. The van der Waals surface area contributed by atoms with E-state index in [1.54, 1.807) is 33.5 Å². The molecule has 2 aromatic carbocycles. The summed E-state index contributed by atoms with van der Waals surface area (Å²) in [5.41, 5.74) is 2.87. The van der Waals surface area contributed by atoms with Crippen LogP contribution in [0.3, 0.4) is 0 Å². The third-order valence-electron chi connectivity index (χ3n) is 4.34. The Morgan fingerprint density at radius 2 is 1.79 bits per heavy atom. The highest BCUT2D eigenvalue weighted by molar-refractivity contribution is 5.93. The summed E-state index contributed by atoms with van der Waals surface area (Å²) >= 11 is 0. The first-order valence-electron chi connectivity index (χ1n) is 8.83. The summed E-state index contributed by atoms with van der Waals surface area (Å²) in [6.07, 6.45) is 0.705. The highest BCUT2D eigenvalue weighted by Crippen LogP contribution is 2.32. The number of benzene rings is 2. The van der Waals surface area contributed by atoms with Crippen LogP contribution in [0.2, 0.25) is 0 Å². The van der Waals surface area contributed by atoms with Crippen LogP contribution in [0.4, 0.5) is 0 Å². The lowest BCUT2D eigenvalue weighted by Gasteiger charge is -2.08. The molecule has 0 spiro atoms. The highest BCUT2D eigenvalue weighted by atomic mass is 16.5. The van der Waals surface area contributed by atoms with Gasteiger partial charge in [0.05, 0.1) is 27.0 Å². The van der Waals surface area contributed by atoms with Crippen LogP contribution in [0.1, 0.15) is 16.1 Å². The summed E-state index contributed by atoms with van der Waals surface area (Å²) in [6.45, 7) is 0.506. The summed E-state index contributed by atoms with van der Waals surface area (Å²) in [7, 11) is 4.81. The number of amides is 1. The molecule has 146 valence electrons. The molecule has 7 heteroatoms. The van der Waals surface area contributed by atoms with Gasteiger partial charge < -0.3 is 19.5 Å². The van der Waals surface area contributed by atoms with Crippen LogP contribution in [0.15, 0.2) is 48.5 Å². The molecule has 1 aromatic heterocycles. The molecule has 0 saturated heterocycles. The van der Waals surface area contributed by atoms with Crippen LogP contribution in [-0.4, -0.2) is 44.0 Å². The fourth-order valence-electron chi connectivity index (χ4n) is 2.83. The van der Waals surface area contributed by atoms with Gasteiger partial charge in [0.25, 0.3) is 5.91 Å². The number of rotatable bonds is 8. The maximum Gasteiger partial charge on any atom is 0.269 e. The number of aromatic amines is 1. The first kappa shape index (κ1) is 19.3. The van der Waals surface area contributed by atoms with E-state index in [0.29, 0.717) is 35.9 Å². The molecule has 0 aliphatic carbocycles. The van der Waals surface area contributed by atoms with Gasteiger partial charge in [-0.05, 0) is 42.3 Å². The van der Waals surface area contributed by atoms with E-state index in [-0.39, 0.29) is 5.91 Å². The lowest BCUT2D eigenvalue weighted by molar-refractivity contribution is 0.0949. The number of carbonyl (C=O) groups excluding carboxylic acids is 1. The number of methoxy groups -OCH3 is 3. The van der Waals surface area contributed by atoms with Crippen molar-refractivity contribution in [3.63, 3.8) is 0 Å². The Balaban J connectivity index is 1.64. The van der Waals surface area contributed by atoms with Crippen molar-refractivity contribution in [3.8, 4) is 28.5 Å². The van der Waals surface area contributed by atoms with Gasteiger partial charge in [0, 0.05) is 18.2 Å². The zero-order valence-electron chi connectivity index (χ0n) is 16.1. The van der Waals surface area contributed by atoms with E-state index in [0.717, 1.165) is 16.9 Å². The molecule has 7 nitrogen and oxygen atoms in total. The van der Waals surface area contributed by atoms with Gasteiger partial charge in [-0.3, -0.25) is 9.89 Å². The lowest BCUT2D eigenvalue weighted by atomic mass is 10.1. The zero-order chi connectivity index (χ0) is 19.9. The fourth-order valence-corrected chi connectivity index (χ4v) is 2.83. The number of carbonyl (C=O) groups is 1. The summed E-state index contributed by atoms with van der Waals surface area (Å²) in [5.74, 6) is 1.90. The van der Waals surface area contributed by atoms with Crippen LogP contribution in [-0.2, 0) is 6.42 Å². The molecule has 0 radical (unpaired) electrons. The van der Waals surface area contributed by atoms with Crippen molar-refractivity contribution in [3.05, 3.63) is 59.8 Å². The molecule has 0 aliphatic heterocycles. The number of hydrogen-bond acceptors (Lipinski definition) is 5. The summed E-state index contributed by atoms with van der Waals surface area (Å²) in [4.78, 5) is 12.4. The van der Waals surface area contributed by atoms with Crippen molar-refractivity contribution < 1.29 is 19.0 Å². The molecule has 1 amide bonds. The summed E-state index contributed by atoms with van der Waals surface area (Å²) < 4.78 is 15.8. The van der Waals surface area contributed by atoms with Gasteiger partial charge in [0.15, 0.2) is 0 Å². The molecule has 2 N–H and O–H groups in total. The quantitative estimate of drug-likeness (QED) is 0.626. The molecule has 3 rings (SSSR count). The van der Waals surface area contributed by atoms with E-state index < -0.39 is 0 Å². The van der Waals surface area contributed by atoms with Gasteiger partial charge in [0.1, 0.15) is 22.9 Å². The number of nitrogens with one attached hydrogen (secondary N) is 2. The van der Waals surface area contributed by atoms with E-state index in [2.05, 4.69) is 15.5 Å². The minimum atomic E-state index is -0.214. The van der Waals surface area contributed by atoms with Crippen molar-refractivity contribution >= 4 is 5.91 Å². The van der Waals surface area contributed by atoms with Crippen LogP contribution >= 0.6 is 0 Å². The fraction of sp³-hybridized carbons (Fsp3) is 0.238. The monoisotopic (exact) mass is 381 g/mol. The second-order valence-electron chi connectivity index (χ2n) is 6.09. The van der Waals surface area contributed by atoms with Crippen molar-refractivity contribution in [1.82, 2.24) is 15.5 Å². The minimum absolute atomic E-state index is 0.214. The highest BCUT2D eigenvalue weighted by Gasteiger charge is 2.14. The second kappa shape index (κ2) is 8.94. The van der Waals surface area contributed by atoms with Gasteiger partial charge in [-0.25, -0.2) is 0 Å². The molecule has 0 fully saturated rings. The zero-order valence-corrected chi connectivity index (χ0v) is 16.1. The van der Waals surface area contributed by atoms with Crippen LogP contribution in [0.25, 0.3) is 11.3 Å². The third-order valence-corrected chi connectivity index (χ3v) is 4.34. The summed E-state index contributed by atoms with van der Waals surface area (Å²) in [6, 6.07) is 14.9. The molecule has 1 heterocycles. The Bertz CT molecular complexity index is 952. The number of ether oxygens (including phenoxy) is 3. The molecule has 0 saturated carbocycles. The molecule has 0 aliphatic rings. The first-order chi connectivity index (χ1) is 13.6. The smallest absolute Gasteiger partial charge is 0.269 e. The topological polar surface area (TPSA) is 85.5 Å². The average molecular weight is 381 g/mol. The van der Waals surface area contributed by atoms with Crippen molar-refractivity contribution in [2.75, 3.05) is 27.9 Å². The standard InChI is InChI=1S/C21H23N3O4/c1-26-15-6-4-5-14(11-15)9-10-22-21(25)19-13-18(23-24-19)17-8-7-16(27-2)12-20(17)28-3/h4-8,11-13H,9-10H2,1-3H3,(H,22,25)(H,23,24). The first-order valence-corrected chi connectivity index (χ1v) is 8.83. The predicted molar refractivity (Wildman–Crippen MR) is 106 cm³/mol. The number of H-pyrrole nitrogens is 1. The molecular formula is C21H23N3O4. The largest absolute Gasteiger partial charge is 0.497 e. The normalized spacial score (nSPS) is 10.4. The Kier molecular flexibility index (Phi) is 6.16. The van der Waals surface area contributed by atoms with E-state index >= 15 is 0 Å². The van der Waals surface area contributed by atoms with E-state index in [1.165, 1.54) is 0 Å². The van der Waals surface area contributed by atoms with Gasteiger partial charge in [-0.1, -0.05) is 12.1 Å². The number of aromatic nitrogens is 2. The van der Waals surface area contributed by atoms with Crippen LogP contribution < -0.4 is 19.5 Å². The molecule has 28 heavy (non-hydrogen) atoms. The summed E-state index contributed by atoms with van der Waals surface area (Å²) in [5, 5.41) is 9.91. The molecule has 0 unspecified atom stereocenters. The number of nitrogens with zero attached hydrogens (tertiary/aromatic N) is 1. The Morgan fingerprint density at radius 1 is 1.00 bits per heavy atom. The van der Waals surface area contributed by atoms with Crippen molar-refractivity contribution in [2.24, 2.45) is 0 Å². The number of hydrogen-bond donors (Lipinski definition) is 2. The molecule has 0 atom stereocenters. The van der Waals surface area contributed by atoms with Crippen LogP contribution in [0.5, 0.6) is 17.2 Å². The lowest BCUT2D eigenvalue weighted by Crippen LogP contribution is -2.26. The van der Waals surface area contributed by atoms with Gasteiger partial charge in [-0.15, -0.1) is 0 Å². The Hall–Kier alpha value is -3.48. The Labute approximate surface area is 163 Å². The molecule has 3 aromatic rings. The maximum atomic E-state index is 12.4. The van der Waals surface area contributed by atoms with Gasteiger partial charge >= 0.3 is 0 Å². The van der Waals surface area contributed by atoms with Gasteiger partial charge in [-0.2, -0.15) is 5.10 Å². The molecular weight excluding hydrogens is 358 g/mol. The Morgan fingerprint density at radius 3 is 2.54 bits per heavy atom. The van der Waals surface area contributed by atoms with E-state index in [9.17, 15) is 4.79 Å². The SMILES string of the molecule is COc1cccc(CCNC(=O)c2cc(-c3ccc(OC)cc3OC)n[nH]2)c1. The van der Waals surface area contributed by atoms with Crippen molar-refractivity contribution in [1.29, 1.82) is 0 Å². The minimum Gasteiger partial charge on any atom is -0.497 e. The van der Waals surface area contributed by atoms with Gasteiger partial charge in [0.2, 0.25) is 0 Å². The van der Waals surface area contributed by atoms with E-state index in [1.807, 2.05) is 36.4 Å². The second-order valence-corrected chi connectivity index (χ2v) is 6.09.